The Hall–Kier alpha value is -4.62. The Bertz CT molecular complexity index is 1930. The predicted molar refractivity (Wildman–Crippen MR) is 206 cm³/mol. The number of rotatable bonds is 2. The minimum atomic E-state index is -1.06. The van der Waals surface area contributed by atoms with Crippen LogP contribution in [0.15, 0.2) is 59.9 Å². The lowest BCUT2D eigenvalue weighted by molar-refractivity contribution is -0.112. The van der Waals surface area contributed by atoms with Gasteiger partial charge in [-0.3, -0.25) is 9.59 Å². The summed E-state index contributed by atoms with van der Waals surface area (Å²) in [7, 11) is 2.90. The highest BCUT2D eigenvalue weighted by atomic mass is 16.5. The Morgan fingerprint density at radius 3 is 2.17 bits per heavy atom. The summed E-state index contributed by atoms with van der Waals surface area (Å²) in [5.74, 6) is -3.69. The third kappa shape index (κ3) is 7.20. The number of aliphatic hydroxyl groups is 3. The van der Waals surface area contributed by atoms with Crippen molar-refractivity contribution >= 4 is 39.5 Å². The van der Waals surface area contributed by atoms with Crippen LogP contribution in [0.5, 0.6) is 17.2 Å². The molecule has 0 saturated carbocycles. The third-order valence-corrected chi connectivity index (χ3v) is 11.1. The molecule has 2 aromatic carbocycles. The maximum Gasteiger partial charge on any atom is 0.251 e. The number of amides is 1. The largest absolute Gasteiger partial charge is 0.507 e. The van der Waals surface area contributed by atoms with Crippen molar-refractivity contribution < 1.29 is 44.6 Å². The number of nitrogens with one attached hydrogen (secondary N) is 2. The first-order valence-corrected chi connectivity index (χ1v) is 18.0. The van der Waals surface area contributed by atoms with Crippen LogP contribution in [0, 0.1) is 30.6 Å². The first kappa shape index (κ1) is 39.6. The molecular formula is C41H53N3O9. The smallest absolute Gasteiger partial charge is 0.251 e. The number of carbonyl (C=O) groups excluding carboxylic acids is 2. The Labute approximate surface area is 310 Å². The zero-order chi connectivity index (χ0) is 39.0. The molecule has 3 aliphatic heterocycles. The highest BCUT2D eigenvalue weighted by Gasteiger charge is 2.39. The molecule has 0 aliphatic carbocycles. The van der Waals surface area contributed by atoms with Crippen molar-refractivity contribution in [1.29, 1.82) is 0 Å². The monoisotopic (exact) mass is 731 g/mol. The molecule has 3 aliphatic rings. The van der Waals surface area contributed by atoms with E-state index in [1.165, 1.54) is 14.2 Å². The van der Waals surface area contributed by atoms with Gasteiger partial charge in [0.05, 0.1) is 53.9 Å². The molecule has 2 aromatic rings. The highest BCUT2D eigenvalue weighted by molar-refractivity contribution is 6.25. The summed E-state index contributed by atoms with van der Waals surface area (Å²) in [6, 6.07) is 0. The van der Waals surface area contributed by atoms with E-state index in [2.05, 4.69) is 10.6 Å². The number of nitrogens with zero attached hydrogens (tertiary/aromatic N) is 1. The molecule has 7 N–H and O–H groups in total. The van der Waals surface area contributed by atoms with Gasteiger partial charge in [0.15, 0.2) is 11.5 Å². The number of aliphatic hydroxyl groups excluding tert-OH is 3. The molecule has 286 valence electrons. The van der Waals surface area contributed by atoms with Crippen molar-refractivity contribution in [1.82, 2.24) is 0 Å². The van der Waals surface area contributed by atoms with E-state index in [1.807, 2.05) is 30.2 Å². The van der Waals surface area contributed by atoms with Gasteiger partial charge in [-0.25, -0.2) is 0 Å². The molecule has 0 aromatic heterocycles. The van der Waals surface area contributed by atoms with Gasteiger partial charge in [0.25, 0.3) is 5.91 Å². The molecule has 12 nitrogen and oxygen atoms in total. The summed E-state index contributed by atoms with van der Waals surface area (Å²) in [6.07, 6.45) is 9.71. The van der Waals surface area contributed by atoms with Crippen LogP contribution in [0.2, 0.25) is 0 Å². The molecule has 3 heterocycles. The van der Waals surface area contributed by atoms with Gasteiger partial charge in [-0.1, -0.05) is 58.1 Å². The molecule has 9 unspecified atom stereocenters. The summed E-state index contributed by atoms with van der Waals surface area (Å²) in [5, 5.41) is 63.9. The lowest BCUT2D eigenvalue weighted by Crippen LogP contribution is -2.44. The second-order valence-corrected chi connectivity index (χ2v) is 14.7. The van der Waals surface area contributed by atoms with Crippen LogP contribution in [0.25, 0.3) is 10.8 Å². The molecule has 0 radical (unpaired) electrons. The average molecular weight is 732 g/mol. The van der Waals surface area contributed by atoms with E-state index < -0.39 is 65.9 Å². The molecule has 1 amide bonds. The fourth-order valence-corrected chi connectivity index (χ4v) is 7.68. The van der Waals surface area contributed by atoms with Crippen molar-refractivity contribution in [2.24, 2.45) is 23.7 Å². The van der Waals surface area contributed by atoms with Gasteiger partial charge in [-0.15, -0.1) is 0 Å². The zero-order valence-electron chi connectivity index (χ0n) is 31.8. The number of phenols is 2. The molecule has 53 heavy (non-hydrogen) atoms. The first-order valence-electron chi connectivity index (χ1n) is 18.0. The van der Waals surface area contributed by atoms with E-state index >= 15 is 0 Å². The van der Waals surface area contributed by atoms with Gasteiger partial charge < -0.3 is 50.5 Å². The summed E-state index contributed by atoms with van der Waals surface area (Å²) >= 11 is 0. The van der Waals surface area contributed by atoms with Crippen molar-refractivity contribution in [3.8, 4) is 17.2 Å². The van der Waals surface area contributed by atoms with Gasteiger partial charge in [0, 0.05) is 59.9 Å². The number of carbonyl (C=O) groups is 2. The van der Waals surface area contributed by atoms with E-state index in [-0.39, 0.29) is 56.9 Å². The number of ether oxygens (including phenoxy) is 2. The number of benzene rings is 2. The fraction of sp³-hybridized carbons (Fsp3) is 0.463. The number of hydrogen-bond acceptors (Lipinski definition) is 11. The topological polar surface area (TPSA) is 181 Å². The number of Topliss-reactive ketones (excluding diaryl/α,β-unsaturated/α-hetero) is 1. The summed E-state index contributed by atoms with van der Waals surface area (Å²) in [4.78, 5) is 29.9. The molecule has 9 atom stereocenters. The van der Waals surface area contributed by atoms with Crippen LogP contribution in [-0.2, 0) is 9.53 Å². The Kier molecular flexibility index (Phi) is 11.8. The Morgan fingerprint density at radius 1 is 0.849 bits per heavy atom. The quantitative estimate of drug-likeness (QED) is 0.112. The van der Waals surface area contributed by atoms with E-state index in [1.54, 1.807) is 71.9 Å². The van der Waals surface area contributed by atoms with Gasteiger partial charge in [0.2, 0.25) is 0 Å². The molecular weight excluding hydrogens is 678 g/mol. The molecule has 0 fully saturated rings. The minimum Gasteiger partial charge on any atom is -0.507 e. The van der Waals surface area contributed by atoms with Crippen LogP contribution in [0.3, 0.4) is 0 Å². The van der Waals surface area contributed by atoms with Crippen LogP contribution in [0.1, 0.15) is 63.9 Å². The maximum atomic E-state index is 14.4. The maximum absolute atomic E-state index is 14.4. The molecule has 5 rings (SSSR count). The SMILES string of the molecule is COc1c(C)c(O)c2c(O)c3c4c(c2c1C(=O)C/C=C/C(OC)C(C)C(O)C(C)C(O)C(C)C(O)C(C)/C=C/C=C(/C)C(=O)N3)NC1C=C(C)C=CN41. The van der Waals surface area contributed by atoms with Crippen molar-refractivity contribution in [2.45, 2.75) is 85.5 Å². The molecule has 12 heteroatoms. The second kappa shape index (κ2) is 15.8. The second-order valence-electron chi connectivity index (χ2n) is 14.7. The third-order valence-electron chi connectivity index (χ3n) is 11.1. The number of allylic oxidation sites excluding steroid dienone is 5. The molecule has 2 bridgehead atoms. The standard InChI is InChI=1S/C41H53N3O9/c1-19-16-17-44-28(18-19)42-32-30-29-26(45)14-11-15-27(52-8)22(4)36(47)24(6)37(48)23(5)35(46)20(2)12-10-13-21(3)41(51)43-33(34(32)44)39(50)31(30)38(49)25(7)40(29)53-9/h10-13,15-18,20,22-24,27-28,35-37,42,46-50H,14H2,1-9H3,(H,43,51)/b12-10+,15-11+,21-13-. The fourth-order valence-electron chi connectivity index (χ4n) is 7.68. The van der Waals surface area contributed by atoms with Crippen LogP contribution >= 0.6 is 0 Å². The number of aromatic hydroxyl groups is 2. The minimum absolute atomic E-state index is 0.0300. The lowest BCUT2D eigenvalue weighted by atomic mass is 9.78. The Morgan fingerprint density at radius 2 is 1.51 bits per heavy atom. The first-order chi connectivity index (χ1) is 25.0. The van der Waals surface area contributed by atoms with Crippen molar-refractivity contribution in [3.63, 3.8) is 0 Å². The van der Waals surface area contributed by atoms with Gasteiger partial charge in [0.1, 0.15) is 23.4 Å². The number of phenolic OH excluding ortho intramolecular Hbond substituents is 2. The summed E-state index contributed by atoms with van der Waals surface area (Å²) < 4.78 is 11.5. The number of ketones is 1. The van der Waals surface area contributed by atoms with Crippen LogP contribution in [-0.4, -0.2) is 82.0 Å². The molecule has 0 saturated heterocycles. The number of methoxy groups -OCH3 is 2. The lowest BCUT2D eigenvalue weighted by Gasteiger charge is -2.36. The highest BCUT2D eigenvalue weighted by Crippen LogP contribution is 2.57. The van der Waals surface area contributed by atoms with E-state index in [0.717, 1.165) is 5.57 Å². The average Bonchev–Trinajstić information content (AvgIpc) is 3.51. The van der Waals surface area contributed by atoms with E-state index in [4.69, 9.17) is 9.47 Å². The summed E-state index contributed by atoms with van der Waals surface area (Å²) in [6.45, 7) is 12.2. The normalized spacial score (nSPS) is 32.0. The van der Waals surface area contributed by atoms with Crippen LogP contribution in [0.4, 0.5) is 17.1 Å². The van der Waals surface area contributed by atoms with Crippen molar-refractivity contribution in [3.05, 3.63) is 71.0 Å². The number of hydrogen-bond donors (Lipinski definition) is 7. The predicted octanol–water partition coefficient (Wildman–Crippen LogP) is 5.83. The van der Waals surface area contributed by atoms with Gasteiger partial charge >= 0.3 is 0 Å². The molecule has 0 spiro atoms. The Balaban J connectivity index is 1.75. The van der Waals surface area contributed by atoms with E-state index in [0.29, 0.717) is 11.4 Å². The van der Waals surface area contributed by atoms with Crippen LogP contribution < -0.4 is 20.3 Å². The van der Waals surface area contributed by atoms with E-state index in [9.17, 15) is 35.1 Å². The van der Waals surface area contributed by atoms with Crippen molar-refractivity contribution in [2.75, 3.05) is 29.8 Å². The number of fused-ring (bicyclic) bond motifs is 1. The van der Waals surface area contributed by atoms with Gasteiger partial charge in [-0.2, -0.15) is 0 Å². The van der Waals surface area contributed by atoms with Gasteiger partial charge in [-0.05, 0) is 38.5 Å². The zero-order valence-corrected chi connectivity index (χ0v) is 31.8. The summed E-state index contributed by atoms with van der Waals surface area (Å²) in [5.41, 5.74) is 2.45. The number of anilines is 3.